The maximum Gasteiger partial charge on any atom is 0.236 e. The van der Waals surface area contributed by atoms with Crippen molar-refractivity contribution in [3.8, 4) is 0 Å². The van der Waals surface area contributed by atoms with Crippen molar-refractivity contribution in [2.24, 2.45) is 0 Å². The van der Waals surface area contributed by atoms with Crippen molar-refractivity contribution >= 4 is 17.3 Å². The molecule has 0 saturated carbocycles. The van der Waals surface area contributed by atoms with Gasteiger partial charge in [0.15, 0.2) is 0 Å². The summed E-state index contributed by atoms with van der Waals surface area (Å²) in [6.45, 7) is 6.81. The zero-order valence-corrected chi connectivity index (χ0v) is 16.1. The van der Waals surface area contributed by atoms with Crippen LogP contribution in [0, 0.1) is 5.82 Å². The molecule has 28 heavy (non-hydrogen) atoms. The van der Waals surface area contributed by atoms with Crippen LogP contribution in [0.2, 0.25) is 0 Å². The Morgan fingerprint density at radius 3 is 2.04 bits per heavy atom. The molecular formula is C22H27FN4O. The molecule has 2 heterocycles. The van der Waals surface area contributed by atoms with Crippen LogP contribution in [0.3, 0.4) is 0 Å². The first kappa shape index (κ1) is 18.7. The second kappa shape index (κ2) is 8.61. The molecule has 2 aromatic carbocycles. The number of anilines is 2. The van der Waals surface area contributed by atoms with Gasteiger partial charge in [-0.15, -0.1) is 0 Å². The average Bonchev–Trinajstić information content (AvgIpc) is 2.75. The van der Waals surface area contributed by atoms with Crippen LogP contribution in [0.15, 0.2) is 54.6 Å². The lowest BCUT2D eigenvalue weighted by molar-refractivity contribution is -0.132. The number of hydrogen-bond donors (Lipinski definition) is 0. The van der Waals surface area contributed by atoms with Gasteiger partial charge >= 0.3 is 0 Å². The van der Waals surface area contributed by atoms with Crippen LogP contribution >= 0.6 is 0 Å². The normalized spacial score (nSPS) is 18.4. The van der Waals surface area contributed by atoms with E-state index in [1.165, 1.54) is 11.8 Å². The molecule has 1 amide bonds. The van der Waals surface area contributed by atoms with Gasteiger partial charge in [0.05, 0.1) is 12.2 Å². The van der Waals surface area contributed by atoms with Gasteiger partial charge in [-0.2, -0.15) is 0 Å². The van der Waals surface area contributed by atoms with E-state index in [1.807, 2.05) is 21.9 Å². The van der Waals surface area contributed by atoms with E-state index in [9.17, 15) is 9.18 Å². The molecule has 0 spiro atoms. The van der Waals surface area contributed by atoms with Crippen LogP contribution < -0.4 is 9.80 Å². The van der Waals surface area contributed by atoms with Crippen molar-refractivity contribution in [1.82, 2.24) is 9.80 Å². The van der Waals surface area contributed by atoms with Gasteiger partial charge in [-0.25, -0.2) is 4.39 Å². The average molecular weight is 382 g/mol. The van der Waals surface area contributed by atoms with Gasteiger partial charge in [0.1, 0.15) is 5.82 Å². The topological polar surface area (TPSA) is 30.0 Å². The molecule has 5 nitrogen and oxygen atoms in total. The number of piperazine rings is 2. The molecule has 0 radical (unpaired) electrons. The number of carbonyl (C=O) groups excluding carboxylic acids is 1. The first-order chi connectivity index (χ1) is 13.7. The lowest BCUT2D eigenvalue weighted by Crippen LogP contribution is -2.54. The van der Waals surface area contributed by atoms with Gasteiger partial charge in [-0.3, -0.25) is 9.69 Å². The highest BCUT2D eigenvalue weighted by atomic mass is 19.1. The molecular weight excluding hydrogens is 355 g/mol. The SMILES string of the molecule is O=C(CN1CCN(c2ccccc2)CC1)N1CCN(c2ccccc2F)CC1. The Bertz CT molecular complexity index is 784. The van der Waals surface area contributed by atoms with Gasteiger partial charge in [-0.05, 0) is 24.3 Å². The summed E-state index contributed by atoms with van der Waals surface area (Å²) in [6, 6.07) is 17.3. The summed E-state index contributed by atoms with van der Waals surface area (Å²) in [7, 11) is 0. The number of para-hydroxylation sites is 2. The van der Waals surface area contributed by atoms with Gasteiger partial charge in [0.2, 0.25) is 5.91 Å². The van der Waals surface area contributed by atoms with Crippen LogP contribution in [0.5, 0.6) is 0 Å². The van der Waals surface area contributed by atoms with Crippen LogP contribution in [0.25, 0.3) is 0 Å². The number of amides is 1. The predicted molar refractivity (Wildman–Crippen MR) is 110 cm³/mol. The third-order valence-electron chi connectivity index (χ3n) is 5.68. The minimum Gasteiger partial charge on any atom is -0.369 e. The highest BCUT2D eigenvalue weighted by Gasteiger charge is 2.25. The highest BCUT2D eigenvalue weighted by Crippen LogP contribution is 2.20. The van der Waals surface area contributed by atoms with Crippen molar-refractivity contribution in [3.05, 3.63) is 60.4 Å². The van der Waals surface area contributed by atoms with E-state index in [0.29, 0.717) is 38.4 Å². The molecule has 4 rings (SSSR count). The molecule has 2 aliphatic heterocycles. The molecule has 6 heteroatoms. The molecule has 2 aromatic rings. The number of benzene rings is 2. The molecule has 2 saturated heterocycles. The van der Waals surface area contributed by atoms with Gasteiger partial charge in [0.25, 0.3) is 0 Å². The van der Waals surface area contributed by atoms with E-state index < -0.39 is 0 Å². The first-order valence-corrected chi connectivity index (χ1v) is 10.0. The van der Waals surface area contributed by atoms with Crippen molar-refractivity contribution in [2.75, 3.05) is 68.7 Å². The van der Waals surface area contributed by atoms with E-state index in [2.05, 4.69) is 34.1 Å². The largest absolute Gasteiger partial charge is 0.369 e. The predicted octanol–water partition coefficient (Wildman–Crippen LogP) is 2.30. The van der Waals surface area contributed by atoms with Crippen LogP contribution in [0.4, 0.5) is 15.8 Å². The van der Waals surface area contributed by atoms with Crippen molar-refractivity contribution in [1.29, 1.82) is 0 Å². The second-order valence-corrected chi connectivity index (χ2v) is 7.42. The molecule has 2 aliphatic rings. The van der Waals surface area contributed by atoms with Gasteiger partial charge < -0.3 is 14.7 Å². The summed E-state index contributed by atoms with van der Waals surface area (Å²) in [6.07, 6.45) is 0. The fourth-order valence-electron chi connectivity index (χ4n) is 4.00. The molecule has 0 unspecified atom stereocenters. The summed E-state index contributed by atoms with van der Waals surface area (Å²) in [5, 5.41) is 0. The fourth-order valence-corrected chi connectivity index (χ4v) is 4.00. The number of rotatable bonds is 4. The Morgan fingerprint density at radius 2 is 1.36 bits per heavy atom. The van der Waals surface area contributed by atoms with Crippen molar-refractivity contribution in [2.45, 2.75) is 0 Å². The maximum atomic E-state index is 14.0. The minimum atomic E-state index is -0.196. The maximum absolute atomic E-state index is 14.0. The quantitative estimate of drug-likeness (QED) is 0.812. The van der Waals surface area contributed by atoms with Crippen molar-refractivity contribution < 1.29 is 9.18 Å². The monoisotopic (exact) mass is 382 g/mol. The zero-order chi connectivity index (χ0) is 19.3. The number of nitrogens with zero attached hydrogens (tertiary/aromatic N) is 4. The third kappa shape index (κ3) is 4.28. The molecule has 2 fully saturated rings. The summed E-state index contributed by atoms with van der Waals surface area (Å²) in [5.41, 5.74) is 1.88. The first-order valence-electron chi connectivity index (χ1n) is 10.0. The Labute approximate surface area is 165 Å². The van der Waals surface area contributed by atoms with Crippen LogP contribution in [0.1, 0.15) is 0 Å². The van der Waals surface area contributed by atoms with E-state index in [0.717, 1.165) is 26.2 Å². The standard InChI is InChI=1S/C22H27FN4O/c23-20-8-4-5-9-21(20)26-14-16-27(17-15-26)22(28)18-24-10-12-25(13-11-24)19-6-2-1-3-7-19/h1-9H,10-18H2. The summed E-state index contributed by atoms with van der Waals surface area (Å²) < 4.78 is 14.0. The molecule has 0 aliphatic carbocycles. The van der Waals surface area contributed by atoms with Gasteiger partial charge in [-0.1, -0.05) is 30.3 Å². The Balaban J connectivity index is 1.24. The van der Waals surface area contributed by atoms with E-state index in [-0.39, 0.29) is 11.7 Å². The molecule has 148 valence electrons. The number of halogens is 1. The lowest BCUT2D eigenvalue weighted by Gasteiger charge is -2.39. The van der Waals surface area contributed by atoms with Crippen LogP contribution in [-0.2, 0) is 4.79 Å². The number of hydrogen-bond acceptors (Lipinski definition) is 4. The summed E-state index contributed by atoms with van der Waals surface area (Å²) >= 11 is 0. The molecule has 0 atom stereocenters. The van der Waals surface area contributed by atoms with E-state index in [1.54, 1.807) is 12.1 Å². The fraction of sp³-hybridized carbons (Fsp3) is 0.409. The second-order valence-electron chi connectivity index (χ2n) is 7.42. The van der Waals surface area contributed by atoms with Crippen LogP contribution in [-0.4, -0.2) is 74.6 Å². The summed E-state index contributed by atoms with van der Waals surface area (Å²) in [5.74, 6) is -0.0140. The summed E-state index contributed by atoms with van der Waals surface area (Å²) in [4.78, 5) is 21.3. The van der Waals surface area contributed by atoms with Gasteiger partial charge in [0, 0.05) is 58.0 Å². The molecule has 0 N–H and O–H groups in total. The Morgan fingerprint density at radius 1 is 0.750 bits per heavy atom. The van der Waals surface area contributed by atoms with E-state index >= 15 is 0 Å². The Hall–Kier alpha value is -2.60. The third-order valence-corrected chi connectivity index (χ3v) is 5.68. The smallest absolute Gasteiger partial charge is 0.236 e. The van der Waals surface area contributed by atoms with E-state index in [4.69, 9.17) is 0 Å². The zero-order valence-electron chi connectivity index (χ0n) is 16.1. The Kier molecular flexibility index (Phi) is 5.76. The number of carbonyl (C=O) groups is 1. The van der Waals surface area contributed by atoms with Crippen molar-refractivity contribution in [3.63, 3.8) is 0 Å². The minimum absolute atomic E-state index is 0.182. The highest BCUT2D eigenvalue weighted by molar-refractivity contribution is 5.78. The molecule has 0 bridgehead atoms. The molecule has 0 aromatic heterocycles. The lowest BCUT2D eigenvalue weighted by atomic mass is 10.2.